The highest BCUT2D eigenvalue weighted by Gasteiger charge is 2.08. The van der Waals surface area contributed by atoms with Gasteiger partial charge in [0.1, 0.15) is 6.61 Å². The van der Waals surface area contributed by atoms with Gasteiger partial charge >= 0.3 is 0 Å². The molecule has 0 radical (unpaired) electrons. The zero-order valence-corrected chi connectivity index (χ0v) is 19.3. The lowest BCUT2D eigenvalue weighted by molar-refractivity contribution is -0.120. The number of aryl methyl sites for hydroxylation is 2. The van der Waals surface area contributed by atoms with Crippen LogP contribution in [0.25, 0.3) is 0 Å². The maximum Gasteiger partial charge on any atom is 0.244 e. The van der Waals surface area contributed by atoms with Gasteiger partial charge in [0.15, 0.2) is 11.5 Å². The van der Waals surface area contributed by atoms with E-state index in [-0.39, 0.29) is 12.3 Å². The third-order valence-electron chi connectivity index (χ3n) is 4.95. The van der Waals surface area contributed by atoms with Crippen molar-refractivity contribution in [2.45, 2.75) is 33.8 Å². The molecule has 0 aliphatic rings. The van der Waals surface area contributed by atoms with E-state index in [1.807, 2.05) is 81.4 Å². The largest absolute Gasteiger partial charge is 0.490 e. The quantitative estimate of drug-likeness (QED) is 0.339. The van der Waals surface area contributed by atoms with E-state index in [1.54, 1.807) is 6.21 Å². The predicted octanol–water partition coefficient (Wildman–Crippen LogP) is 5.63. The van der Waals surface area contributed by atoms with Gasteiger partial charge in [-0.2, -0.15) is 5.10 Å². The smallest absolute Gasteiger partial charge is 0.244 e. The lowest BCUT2D eigenvalue weighted by Gasteiger charge is -2.13. The van der Waals surface area contributed by atoms with Crippen molar-refractivity contribution in [1.82, 2.24) is 5.43 Å². The number of rotatable bonds is 9. The van der Waals surface area contributed by atoms with E-state index in [2.05, 4.69) is 10.5 Å². The van der Waals surface area contributed by atoms with Gasteiger partial charge in [0, 0.05) is 10.6 Å². The summed E-state index contributed by atoms with van der Waals surface area (Å²) in [5.41, 5.74) is 7.58. The molecule has 0 bridgehead atoms. The standard InChI is InChI=1S/C26H27ClN2O3/c1-4-31-25-14-21(11-12-24(25)32-17-22-7-5-6-8-23(22)27)16-28-29-26(30)15-20-10-9-18(2)19(3)13-20/h5-14,16H,4,15,17H2,1-3H3,(H,29,30)/b28-16-. The summed E-state index contributed by atoms with van der Waals surface area (Å²) in [6.45, 7) is 6.82. The maximum atomic E-state index is 12.2. The van der Waals surface area contributed by atoms with Crippen molar-refractivity contribution in [2.24, 2.45) is 5.10 Å². The van der Waals surface area contributed by atoms with Gasteiger partial charge in [0.05, 0.1) is 19.2 Å². The van der Waals surface area contributed by atoms with Crippen LogP contribution in [-0.2, 0) is 17.8 Å². The summed E-state index contributed by atoms with van der Waals surface area (Å²) < 4.78 is 11.6. The Balaban J connectivity index is 1.61. The lowest BCUT2D eigenvalue weighted by Crippen LogP contribution is -2.19. The number of nitrogens with one attached hydrogen (secondary N) is 1. The molecular formula is C26H27ClN2O3. The van der Waals surface area contributed by atoms with Crippen LogP contribution in [0.15, 0.2) is 65.8 Å². The normalized spacial score (nSPS) is 10.9. The minimum atomic E-state index is -0.172. The summed E-state index contributed by atoms with van der Waals surface area (Å²) in [7, 11) is 0. The van der Waals surface area contributed by atoms with Crippen LogP contribution in [0.3, 0.4) is 0 Å². The van der Waals surface area contributed by atoms with Crippen LogP contribution in [0.4, 0.5) is 0 Å². The molecule has 0 spiro atoms. The van der Waals surface area contributed by atoms with Crippen LogP contribution in [0.5, 0.6) is 11.5 Å². The summed E-state index contributed by atoms with van der Waals surface area (Å²) in [6, 6.07) is 19.0. The summed E-state index contributed by atoms with van der Waals surface area (Å²) in [5.74, 6) is 1.04. The number of hydrogen-bond donors (Lipinski definition) is 1. The summed E-state index contributed by atoms with van der Waals surface area (Å²) in [6.07, 6.45) is 1.86. The van der Waals surface area contributed by atoms with Gasteiger partial charge in [-0.05, 0) is 67.3 Å². The monoisotopic (exact) mass is 450 g/mol. The summed E-state index contributed by atoms with van der Waals surface area (Å²) >= 11 is 6.20. The van der Waals surface area contributed by atoms with Gasteiger partial charge < -0.3 is 9.47 Å². The number of nitrogens with zero attached hydrogens (tertiary/aromatic N) is 1. The highest BCUT2D eigenvalue weighted by molar-refractivity contribution is 6.31. The Morgan fingerprint density at radius 1 is 1.00 bits per heavy atom. The molecule has 166 valence electrons. The Kier molecular flexibility index (Phi) is 8.28. The first-order valence-corrected chi connectivity index (χ1v) is 10.8. The first kappa shape index (κ1) is 23.4. The first-order valence-electron chi connectivity index (χ1n) is 10.5. The van der Waals surface area contributed by atoms with Crippen LogP contribution in [0.1, 0.15) is 34.7 Å². The molecule has 0 unspecified atom stereocenters. The van der Waals surface area contributed by atoms with Crippen LogP contribution in [0, 0.1) is 13.8 Å². The Morgan fingerprint density at radius 2 is 1.81 bits per heavy atom. The second-order valence-electron chi connectivity index (χ2n) is 7.41. The fourth-order valence-electron chi connectivity index (χ4n) is 3.08. The van der Waals surface area contributed by atoms with Crippen LogP contribution in [-0.4, -0.2) is 18.7 Å². The van der Waals surface area contributed by atoms with Crippen LogP contribution >= 0.6 is 11.6 Å². The Hall–Kier alpha value is -3.31. The molecule has 0 atom stereocenters. The van der Waals surface area contributed by atoms with Gasteiger partial charge in [-0.15, -0.1) is 0 Å². The van der Waals surface area contributed by atoms with Gasteiger partial charge in [0.2, 0.25) is 5.91 Å². The zero-order valence-electron chi connectivity index (χ0n) is 18.5. The van der Waals surface area contributed by atoms with Crippen molar-refractivity contribution in [1.29, 1.82) is 0 Å². The molecule has 0 saturated heterocycles. The van der Waals surface area contributed by atoms with Gasteiger partial charge in [-0.1, -0.05) is 48.0 Å². The molecule has 0 fully saturated rings. The average Bonchev–Trinajstić information content (AvgIpc) is 2.77. The molecule has 5 nitrogen and oxygen atoms in total. The van der Waals surface area contributed by atoms with Crippen molar-refractivity contribution in [3.05, 3.63) is 93.5 Å². The third-order valence-corrected chi connectivity index (χ3v) is 5.32. The number of carbonyl (C=O) groups is 1. The molecule has 0 aliphatic carbocycles. The van der Waals surface area contributed by atoms with Crippen molar-refractivity contribution >= 4 is 23.7 Å². The van der Waals surface area contributed by atoms with Gasteiger partial charge in [0.25, 0.3) is 0 Å². The Bertz CT molecular complexity index is 1110. The summed E-state index contributed by atoms with van der Waals surface area (Å²) in [4.78, 5) is 12.2. The first-order chi connectivity index (χ1) is 15.5. The number of amides is 1. The number of benzene rings is 3. The Morgan fingerprint density at radius 3 is 2.56 bits per heavy atom. The van der Waals surface area contributed by atoms with E-state index >= 15 is 0 Å². The number of halogens is 1. The number of ether oxygens (including phenoxy) is 2. The molecule has 6 heteroatoms. The van der Waals surface area contributed by atoms with E-state index < -0.39 is 0 Å². The van der Waals surface area contributed by atoms with E-state index in [4.69, 9.17) is 21.1 Å². The van der Waals surface area contributed by atoms with E-state index in [9.17, 15) is 4.79 Å². The third kappa shape index (κ3) is 6.59. The minimum absolute atomic E-state index is 0.172. The molecule has 0 saturated carbocycles. The molecule has 1 N–H and O–H groups in total. The van der Waals surface area contributed by atoms with Crippen molar-refractivity contribution in [3.8, 4) is 11.5 Å². The minimum Gasteiger partial charge on any atom is -0.490 e. The van der Waals surface area contributed by atoms with Crippen LogP contribution in [0.2, 0.25) is 5.02 Å². The van der Waals surface area contributed by atoms with E-state index in [0.717, 1.165) is 16.7 Å². The van der Waals surface area contributed by atoms with Gasteiger partial charge in [-0.3, -0.25) is 4.79 Å². The molecule has 3 aromatic rings. The van der Waals surface area contributed by atoms with Gasteiger partial charge in [-0.25, -0.2) is 5.43 Å². The maximum absolute atomic E-state index is 12.2. The fourth-order valence-corrected chi connectivity index (χ4v) is 3.27. The van der Waals surface area contributed by atoms with E-state index in [1.165, 1.54) is 11.1 Å². The zero-order chi connectivity index (χ0) is 22.9. The topological polar surface area (TPSA) is 59.9 Å². The molecule has 3 aromatic carbocycles. The highest BCUT2D eigenvalue weighted by atomic mass is 35.5. The molecular weight excluding hydrogens is 424 g/mol. The summed E-state index contributed by atoms with van der Waals surface area (Å²) in [5, 5.41) is 4.73. The SMILES string of the molecule is CCOc1cc(/C=N\NC(=O)Cc2ccc(C)c(C)c2)ccc1OCc1ccccc1Cl. The Labute approximate surface area is 194 Å². The molecule has 0 aliphatic heterocycles. The van der Waals surface area contributed by atoms with E-state index in [0.29, 0.717) is 29.7 Å². The van der Waals surface area contributed by atoms with Crippen molar-refractivity contribution in [2.75, 3.05) is 6.61 Å². The fraction of sp³-hybridized carbons (Fsp3) is 0.231. The molecule has 3 rings (SSSR count). The number of hydrogen-bond acceptors (Lipinski definition) is 4. The molecule has 0 heterocycles. The second-order valence-corrected chi connectivity index (χ2v) is 7.82. The van der Waals surface area contributed by atoms with Crippen molar-refractivity contribution < 1.29 is 14.3 Å². The molecule has 1 amide bonds. The second kappa shape index (κ2) is 11.3. The highest BCUT2D eigenvalue weighted by Crippen LogP contribution is 2.29. The number of carbonyl (C=O) groups excluding carboxylic acids is 1. The van der Waals surface area contributed by atoms with Crippen molar-refractivity contribution in [3.63, 3.8) is 0 Å². The predicted molar refractivity (Wildman–Crippen MR) is 129 cm³/mol. The molecule has 32 heavy (non-hydrogen) atoms. The lowest BCUT2D eigenvalue weighted by atomic mass is 10.0. The average molecular weight is 451 g/mol. The number of hydrazone groups is 1. The van der Waals surface area contributed by atoms with Crippen LogP contribution < -0.4 is 14.9 Å². The molecule has 0 aromatic heterocycles.